The molecule has 0 aliphatic carbocycles. The lowest BCUT2D eigenvalue weighted by Crippen LogP contribution is -2.14. The predicted molar refractivity (Wildman–Crippen MR) is 69.1 cm³/mol. The first-order valence-corrected chi connectivity index (χ1v) is 6.93. The first-order valence-electron chi connectivity index (χ1n) is 4.69. The minimum absolute atomic E-state index is 0.0215. The van der Waals surface area contributed by atoms with E-state index in [0.717, 1.165) is 12.1 Å². The van der Waals surface area contributed by atoms with Gasteiger partial charge in [0.15, 0.2) is 11.6 Å². The van der Waals surface area contributed by atoms with Crippen molar-refractivity contribution in [1.82, 2.24) is 0 Å². The van der Waals surface area contributed by atoms with Crippen molar-refractivity contribution in [3.05, 3.63) is 28.8 Å². The smallest absolute Gasteiger partial charge is 0.335 e. The molecule has 1 rings (SSSR count). The molecule has 0 unspecified atom stereocenters. The normalized spacial score (nSPS) is 10.1. The van der Waals surface area contributed by atoms with Crippen LogP contribution in [0, 0.1) is 0 Å². The van der Waals surface area contributed by atoms with Crippen LogP contribution in [0.25, 0.3) is 0 Å². The molecule has 1 aromatic carbocycles. The van der Waals surface area contributed by atoms with E-state index in [0.29, 0.717) is 0 Å². The molecule has 1 N–H and O–H groups in total. The van der Waals surface area contributed by atoms with E-state index >= 15 is 0 Å². The first kappa shape index (κ1) is 14.8. The molecule has 0 aromatic heterocycles. The molecule has 0 saturated carbocycles. The number of rotatable bonds is 5. The van der Waals surface area contributed by atoms with Crippen molar-refractivity contribution < 1.29 is 24.6 Å². The second-order valence-electron chi connectivity index (χ2n) is 3.32. The molecule has 0 spiro atoms. The van der Waals surface area contributed by atoms with E-state index in [9.17, 15) is 19.5 Å². The summed E-state index contributed by atoms with van der Waals surface area (Å²) in [5, 5.41) is 20.5. The molecule has 7 heteroatoms. The van der Waals surface area contributed by atoms with E-state index in [1.54, 1.807) is 0 Å². The van der Waals surface area contributed by atoms with Crippen molar-refractivity contribution in [2.45, 2.75) is 0 Å². The number of carboxylic acids is 1. The Balaban J connectivity index is 3.51. The lowest BCUT2D eigenvalue weighted by molar-refractivity contribution is -0.269. The number of alkyl halides is 2. The van der Waals surface area contributed by atoms with Crippen LogP contribution in [0.5, 0.6) is 5.75 Å². The molecule has 0 amide bonds. The Morgan fingerprint density at radius 2 is 1.56 bits per heavy atom. The average molecular weight is 379 g/mol. The van der Waals surface area contributed by atoms with Gasteiger partial charge in [0, 0.05) is 11.1 Å². The zero-order valence-corrected chi connectivity index (χ0v) is 12.1. The summed E-state index contributed by atoms with van der Waals surface area (Å²) in [5.74, 6) is -3.31. The van der Waals surface area contributed by atoms with Gasteiger partial charge in [0.25, 0.3) is 0 Å². The van der Waals surface area contributed by atoms with Crippen LogP contribution in [0.3, 0.4) is 0 Å². The van der Waals surface area contributed by atoms with Crippen LogP contribution in [0.1, 0.15) is 31.1 Å². The molecule has 96 valence electrons. The third-order valence-electron chi connectivity index (χ3n) is 2.18. The molecule has 0 heterocycles. The maximum absolute atomic E-state index is 11.7. The monoisotopic (exact) mass is 377 g/mol. The van der Waals surface area contributed by atoms with Gasteiger partial charge in [-0.25, -0.2) is 4.79 Å². The van der Waals surface area contributed by atoms with E-state index < -0.39 is 28.8 Å². The Morgan fingerprint density at radius 1 is 1.06 bits per heavy atom. The zero-order chi connectivity index (χ0) is 13.9. The SMILES string of the molecule is O=C(CBr)c1cc(C(=O)O)c([O-])c(C(=O)CBr)c1. The Bertz CT molecular complexity index is 524. The number of aromatic carboxylic acids is 1. The first-order chi connectivity index (χ1) is 8.42. The van der Waals surface area contributed by atoms with Crippen LogP contribution in [-0.2, 0) is 0 Å². The summed E-state index contributed by atoms with van der Waals surface area (Å²) in [6.07, 6.45) is 0. The molecule has 0 saturated heterocycles. The summed E-state index contributed by atoms with van der Waals surface area (Å²) >= 11 is 5.84. The molecule has 0 radical (unpaired) electrons. The highest BCUT2D eigenvalue weighted by atomic mass is 79.9. The Labute approximate surface area is 119 Å². The molecule has 0 fully saturated rings. The molecule has 0 bridgehead atoms. The summed E-state index contributed by atoms with van der Waals surface area (Å²) in [4.78, 5) is 33.9. The Kier molecular flexibility index (Phi) is 5.03. The van der Waals surface area contributed by atoms with Crippen LogP contribution in [-0.4, -0.2) is 33.3 Å². The molecular weight excluding hydrogens is 372 g/mol. The van der Waals surface area contributed by atoms with Crippen molar-refractivity contribution >= 4 is 49.4 Å². The number of hydrogen-bond acceptors (Lipinski definition) is 4. The lowest BCUT2D eigenvalue weighted by atomic mass is 9.99. The number of hydrogen-bond donors (Lipinski definition) is 1. The van der Waals surface area contributed by atoms with Gasteiger partial charge in [-0.2, -0.15) is 0 Å². The van der Waals surface area contributed by atoms with E-state index in [4.69, 9.17) is 5.11 Å². The number of halogens is 2. The maximum atomic E-state index is 11.7. The van der Waals surface area contributed by atoms with Crippen molar-refractivity contribution in [3.8, 4) is 5.75 Å². The summed E-state index contributed by atoms with van der Waals surface area (Å²) in [5.41, 5.74) is -0.852. The van der Waals surface area contributed by atoms with Gasteiger partial charge in [-0.05, 0) is 12.1 Å². The van der Waals surface area contributed by atoms with Crippen LogP contribution in [0.2, 0.25) is 0 Å². The summed E-state index contributed by atoms with van der Waals surface area (Å²) in [7, 11) is 0. The third kappa shape index (κ3) is 2.97. The highest BCUT2D eigenvalue weighted by Crippen LogP contribution is 2.24. The molecule has 18 heavy (non-hydrogen) atoms. The fourth-order valence-electron chi connectivity index (χ4n) is 1.30. The maximum Gasteiger partial charge on any atom is 0.335 e. The largest absolute Gasteiger partial charge is 0.871 e. The lowest BCUT2D eigenvalue weighted by Gasteiger charge is -2.16. The molecule has 1 aromatic rings. The Morgan fingerprint density at radius 3 is 2.00 bits per heavy atom. The minimum Gasteiger partial charge on any atom is -0.871 e. The van der Waals surface area contributed by atoms with Gasteiger partial charge in [-0.1, -0.05) is 37.6 Å². The van der Waals surface area contributed by atoms with Crippen LogP contribution >= 0.6 is 31.9 Å². The number of Topliss-reactive ketones (excluding diaryl/α,β-unsaturated/α-hetero) is 2. The van der Waals surface area contributed by atoms with Gasteiger partial charge in [0.1, 0.15) is 0 Å². The van der Waals surface area contributed by atoms with E-state index in [2.05, 4.69) is 31.9 Å². The fraction of sp³-hybridized carbons (Fsp3) is 0.182. The Hall–Kier alpha value is -1.21. The number of carboxylic acid groups (broad SMARTS) is 1. The third-order valence-corrected chi connectivity index (χ3v) is 3.20. The van der Waals surface area contributed by atoms with Crippen molar-refractivity contribution in [2.75, 3.05) is 10.7 Å². The van der Waals surface area contributed by atoms with Gasteiger partial charge in [0.2, 0.25) is 0 Å². The molecule has 0 aliphatic rings. The number of carbonyl (C=O) groups is 3. The number of ketones is 2. The second kappa shape index (κ2) is 6.10. The minimum atomic E-state index is -1.46. The van der Waals surface area contributed by atoms with Crippen molar-refractivity contribution in [3.63, 3.8) is 0 Å². The van der Waals surface area contributed by atoms with Crippen molar-refractivity contribution in [2.24, 2.45) is 0 Å². The molecule has 5 nitrogen and oxygen atoms in total. The highest BCUT2D eigenvalue weighted by molar-refractivity contribution is 9.09. The van der Waals surface area contributed by atoms with Crippen molar-refractivity contribution in [1.29, 1.82) is 0 Å². The van der Waals surface area contributed by atoms with Crippen LogP contribution in [0.4, 0.5) is 0 Å². The second-order valence-corrected chi connectivity index (χ2v) is 4.44. The standard InChI is InChI=1S/C11H8Br2O5/c12-3-8(14)5-1-6(9(15)4-13)10(16)7(2-5)11(17)18/h1-2,16H,3-4H2,(H,17,18)/p-1. The number of carbonyl (C=O) groups excluding carboxylic acids is 2. The van der Waals surface area contributed by atoms with Gasteiger partial charge in [0.05, 0.1) is 16.2 Å². The molecular formula is C11H7Br2O5-. The molecule has 0 atom stereocenters. The quantitative estimate of drug-likeness (QED) is 0.620. The highest BCUT2D eigenvalue weighted by Gasteiger charge is 2.16. The van der Waals surface area contributed by atoms with E-state index in [1.807, 2.05) is 0 Å². The van der Waals surface area contributed by atoms with Crippen LogP contribution in [0.15, 0.2) is 12.1 Å². The predicted octanol–water partition coefficient (Wildman–Crippen LogP) is 1.61. The van der Waals surface area contributed by atoms with Gasteiger partial charge >= 0.3 is 5.97 Å². The summed E-state index contributed by atoms with van der Waals surface area (Å²) in [6, 6.07) is 2.11. The van der Waals surface area contributed by atoms with E-state index in [1.165, 1.54) is 0 Å². The summed E-state index contributed by atoms with van der Waals surface area (Å²) in [6.45, 7) is 0. The van der Waals surface area contributed by atoms with Crippen LogP contribution < -0.4 is 5.11 Å². The fourth-order valence-corrected chi connectivity index (χ4v) is 1.93. The number of benzene rings is 1. The molecule has 0 aliphatic heterocycles. The zero-order valence-electron chi connectivity index (χ0n) is 8.91. The van der Waals surface area contributed by atoms with Gasteiger partial charge in [-0.15, -0.1) is 0 Å². The van der Waals surface area contributed by atoms with Gasteiger partial charge in [-0.3, -0.25) is 9.59 Å². The van der Waals surface area contributed by atoms with Gasteiger partial charge < -0.3 is 10.2 Å². The van der Waals surface area contributed by atoms with E-state index in [-0.39, 0.29) is 21.8 Å². The average Bonchev–Trinajstić information content (AvgIpc) is 2.36. The topological polar surface area (TPSA) is 94.5 Å². The summed E-state index contributed by atoms with van der Waals surface area (Å²) < 4.78 is 0.